The van der Waals surface area contributed by atoms with E-state index in [4.69, 9.17) is 0 Å². The lowest BCUT2D eigenvalue weighted by Crippen LogP contribution is -1.89. The zero-order valence-corrected chi connectivity index (χ0v) is 28.5. The van der Waals surface area contributed by atoms with Crippen molar-refractivity contribution in [1.29, 1.82) is 0 Å². The molecule has 0 nitrogen and oxygen atoms in total. The topological polar surface area (TPSA) is 0 Å². The molecular formula is C48H26S2. The van der Waals surface area contributed by atoms with Gasteiger partial charge in [0, 0.05) is 40.3 Å². The first-order valence-electron chi connectivity index (χ1n) is 17.2. The Labute approximate surface area is 295 Å². The molecule has 2 aromatic heterocycles. The Morgan fingerprint density at radius 3 is 1.18 bits per heavy atom. The van der Waals surface area contributed by atoms with E-state index in [-0.39, 0.29) is 0 Å². The molecule has 230 valence electrons. The molecule has 12 aromatic rings. The van der Waals surface area contributed by atoms with Crippen LogP contribution in [0.4, 0.5) is 0 Å². The Bertz CT molecular complexity index is 3150. The van der Waals surface area contributed by atoms with Crippen LogP contribution in [0.25, 0.3) is 116 Å². The smallest absolute Gasteiger partial charge is 0.0433 e. The van der Waals surface area contributed by atoms with E-state index in [2.05, 4.69) is 158 Å². The Hall–Kier alpha value is -5.80. The fraction of sp³-hybridized carbons (Fsp3) is 0. The zero-order valence-electron chi connectivity index (χ0n) is 26.8. The number of rotatable bonds is 2. The van der Waals surface area contributed by atoms with Gasteiger partial charge in [0.25, 0.3) is 0 Å². The van der Waals surface area contributed by atoms with Crippen molar-refractivity contribution in [1.82, 2.24) is 0 Å². The molecule has 2 heterocycles. The molecule has 0 unspecified atom stereocenters. The third-order valence-corrected chi connectivity index (χ3v) is 13.4. The van der Waals surface area contributed by atoms with Crippen molar-refractivity contribution >= 4 is 117 Å². The Morgan fingerprint density at radius 2 is 0.680 bits per heavy atom. The summed E-state index contributed by atoms with van der Waals surface area (Å²) in [5.74, 6) is 0. The van der Waals surface area contributed by atoms with E-state index in [1.165, 1.54) is 116 Å². The summed E-state index contributed by atoms with van der Waals surface area (Å²) in [6.45, 7) is 0. The van der Waals surface area contributed by atoms with Gasteiger partial charge >= 0.3 is 0 Å². The number of hydrogen-bond acceptors (Lipinski definition) is 2. The summed E-state index contributed by atoms with van der Waals surface area (Å²) in [4.78, 5) is 0. The summed E-state index contributed by atoms with van der Waals surface area (Å²) in [5, 5.41) is 18.6. The van der Waals surface area contributed by atoms with Gasteiger partial charge in [-0.15, -0.1) is 22.7 Å². The lowest BCUT2D eigenvalue weighted by Gasteiger charge is -2.16. The van der Waals surface area contributed by atoms with Gasteiger partial charge in [0.15, 0.2) is 0 Å². The molecule has 0 spiro atoms. The number of fused-ring (bicyclic) bond motifs is 10. The van der Waals surface area contributed by atoms with E-state index < -0.39 is 0 Å². The third kappa shape index (κ3) is 3.64. The molecule has 0 amide bonds. The van der Waals surface area contributed by atoms with Crippen LogP contribution >= 0.6 is 22.7 Å². The highest BCUT2D eigenvalue weighted by Crippen LogP contribution is 2.46. The quantitative estimate of drug-likeness (QED) is 0.161. The summed E-state index contributed by atoms with van der Waals surface area (Å²) < 4.78 is 5.43. The van der Waals surface area contributed by atoms with Gasteiger partial charge in [0.2, 0.25) is 0 Å². The van der Waals surface area contributed by atoms with E-state index in [0.717, 1.165) is 0 Å². The second kappa shape index (κ2) is 9.89. The molecule has 0 saturated heterocycles. The first-order valence-corrected chi connectivity index (χ1v) is 18.8. The van der Waals surface area contributed by atoms with E-state index in [1.54, 1.807) is 0 Å². The van der Waals surface area contributed by atoms with E-state index in [1.807, 2.05) is 22.7 Å². The molecular weight excluding hydrogens is 641 g/mol. The van der Waals surface area contributed by atoms with Crippen LogP contribution in [0.15, 0.2) is 158 Å². The van der Waals surface area contributed by atoms with E-state index >= 15 is 0 Å². The van der Waals surface area contributed by atoms with Gasteiger partial charge in [-0.1, -0.05) is 146 Å². The summed E-state index contributed by atoms with van der Waals surface area (Å²) in [5.41, 5.74) is 5.13. The van der Waals surface area contributed by atoms with Crippen molar-refractivity contribution in [2.45, 2.75) is 0 Å². The minimum absolute atomic E-state index is 1.27. The maximum Gasteiger partial charge on any atom is 0.0433 e. The minimum Gasteiger partial charge on any atom is -0.135 e. The predicted molar refractivity (Wildman–Crippen MR) is 222 cm³/mol. The second-order valence-electron chi connectivity index (χ2n) is 13.6. The second-order valence-corrected chi connectivity index (χ2v) is 15.7. The maximum absolute atomic E-state index is 2.41. The molecule has 0 aliphatic carbocycles. The van der Waals surface area contributed by atoms with Gasteiger partial charge in [-0.3, -0.25) is 0 Å². The van der Waals surface area contributed by atoms with Crippen molar-refractivity contribution in [3.63, 3.8) is 0 Å². The minimum atomic E-state index is 1.27. The van der Waals surface area contributed by atoms with Gasteiger partial charge in [0.05, 0.1) is 0 Å². The highest BCUT2D eigenvalue weighted by molar-refractivity contribution is 7.27. The summed E-state index contributed by atoms with van der Waals surface area (Å²) in [6, 6.07) is 59.4. The van der Waals surface area contributed by atoms with Gasteiger partial charge in [-0.25, -0.2) is 0 Å². The van der Waals surface area contributed by atoms with Crippen molar-refractivity contribution in [3.05, 3.63) is 158 Å². The molecule has 10 aromatic carbocycles. The van der Waals surface area contributed by atoms with Gasteiger partial charge in [-0.2, -0.15) is 0 Å². The predicted octanol–water partition coefficient (Wildman–Crippen LogP) is 15.0. The van der Waals surface area contributed by atoms with Crippen LogP contribution in [0, 0.1) is 0 Å². The Kier molecular flexibility index (Phi) is 5.35. The van der Waals surface area contributed by atoms with Crippen LogP contribution in [0.5, 0.6) is 0 Å². The van der Waals surface area contributed by atoms with Crippen molar-refractivity contribution in [2.75, 3.05) is 0 Å². The third-order valence-electron chi connectivity index (χ3n) is 11.0. The van der Waals surface area contributed by atoms with Gasteiger partial charge < -0.3 is 0 Å². The van der Waals surface area contributed by atoms with Crippen LogP contribution in [0.3, 0.4) is 0 Å². The highest BCUT2D eigenvalue weighted by atomic mass is 32.1. The van der Waals surface area contributed by atoms with Crippen LogP contribution in [0.1, 0.15) is 0 Å². The van der Waals surface area contributed by atoms with Crippen LogP contribution < -0.4 is 0 Å². The van der Waals surface area contributed by atoms with Gasteiger partial charge in [0.1, 0.15) is 0 Å². The Balaban J connectivity index is 1.05. The first-order chi connectivity index (χ1) is 24.8. The highest BCUT2D eigenvalue weighted by Gasteiger charge is 2.17. The average Bonchev–Trinajstić information content (AvgIpc) is 3.75. The molecule has 0 N–H and O–H groups in total. The monoisotopic (exact) mass is 666 g/mol. The van der Waals surface area contributed by atoms with Crippen LogP contribution in [0.2, 0.25) is 0 Å². The SMILES string of the molecule is c1ccc2c(c1)ccc1c3ccc(-c4ccc5ccc6c(-c7ccc8c(c7)sc7c9ccccc9ccc87)ccc7ccc4c5c76)cc3sc21. The van der Waals surface area contributed by atoms with E-state index in [9.17, 15) is 0 Å². The lowest BCUT2D eigenvalue weighted by molar-refractivity contribution is 1.71. The Morgan fingerprint density at radius 1 is 0.280 bits per heavy atom. The molecule has 0 atom stereocenters. The zero-order chi connectivity index (χ0) is 32.5. The molecule has 0 radical (unpaired) electrons. The molecule has 50 heavy (non-hydrogen) atoms. The van der Waals surface area contributed by atoms with Crippen molar-refractivity contribution < 1.29 is 0 Å². The van der Waals surface area contributed by atoms with E-state index in [0.29, 0.717) is 0 Å². The summed E-state index contributed by atoms with van der Waals surface area (Å²) in [7, 11) is 0. The molecule has 12 rings (SSSR count). The van der Waals surface area contributed by atoms with Crippen LogP contribution in [-0.2, 0) is 0 Å². The molecule has 0 aliphatic heterocycles. The summed E-state index contributed by atoms with van der Waals surface area (Å²) in [6.07, 6.45) is 0. The van der Waals surface area contributed by atoms with Gasteiger partial charge in [-0.05, 0) is 88.2 Å². The molecule has 2 heteroatoms. The van der Waals surface area contributed by atoms with Crippen molar-refractivity contribution in [3.8, 4) is 22.3 Å². The van der Waals surface area contributed by atoms with Crippen molar-refractivity contribution in [2.24, 2.45) is 0 Å². The first kappa shape index (κ1) is 27.1. The average molecular weight is 667 g/mol. The number of benzene rings is 10. The standard InChI is InChI=1S/C48H26S2/c1-3-7-35-27(5-1)9-23-41-37-19-15-31(25-43(37)49-47(35)41)33-17-11-29-14-22-40-34(18-12-30-13-21-39(33)45(29)46(30)40)32-16-20-38-42-24-10-28-6-2-4-8-36(28)48(42)50-44(38)26-32/h1-26H. The fourth-order valence-electron chi connectivity index (χ4n) is 8.65. The fourth-order valence-corrected chi connectivity index (χ4v) is 11.2. The molecule has 0 aliphatic rings. The number of hydrogen-bond donors (Lipinski definition) is 0. The number of thiophene rings is 2. The van der Waals surface area contributed by atoms with Crippen LogP contribution in [-0.4, -0.2) is 0 Å². The molecule has 0 saturated carbocycles. The molecule has 0 bridgehead atoms. The maximum atomic E-state index is 2.41. The largest absolute Gasteiger partial charge is 0.135 e. The normalized spacial score (nSPS) is 12.4. The lowest BCUT2D eigenvalue weighted by atomic mass is 9.87. The summed E-state index contributed by atoms with van der Waals surface area (Å²) >= 11 is 3.83. The molecule has 0 fully saturated rings.